The van der Waals surface area contributed by atoms with Crippen LogP contribution >= 0.6 is 0 Å². The molecular weight excluding hydrogens is 260 g/mol. The highest BCUT2D eigenvalue weighted by atomic mass is 28.3. The van der Waals surface area contributed by atoms with Gasteiger partial charge in [0.15, 0.2) is 5.92 Å². The largest absolute Gasteiger partial charge is 0.465 e. The molecule has 1 fully saturated rings. The van der Waals surface area contributed by atoms with Crippen molar-refractivity contribution in [3.63, 3.8) is 0 Å². The van der Waals surface area contributed by atoms with Crippen molar-refractivity contribution in [2.45, 2.75) is 51.9 Å². The van der Waals surface area contributed by atoms with Gasteiger partial charge >= 0.3 is 11.9 Å². The lowest BCUT2D eigenvalue weighted by Crippen LogP contribution is -2.41. The molecule has 0 bridgehead atoms. The predicted octanol–water partition coefficient (Wildman–Crippen LogP) is 2.85. The summed E-state index contributed by atoms with van der Waals surface area (Å²) in [6, 6.07) is 2.29. The van der Waals surface area contributed by atoms with Gasteiger partial charge in [-0.3, -0.25) is 9.59 Å². The molecule has 1 heterocycles. The topological polar surface area (TPSA) is 52.6 Å². The number of esters is 2. The minimum absolute atomic E-state index is 0.105. The lowest BCUT2D eigenvalue weighted by molar-refractivity contribution is -0.164. The standard InChI is InChI=1S/C14H26O4Si/c1-5-17-13(15)12(14(16)18-6-2)11-8-7-9-19(3,4)10-11/h11-12H,5-10H2,1-4H3. The number of carbonyl (C=O) groups excluding carboxylic acids is 2. The zero-order valence-corrected chi connectivity index (χ0v) is 13.5. The van der Waals surface area contributed by atoms with Crippen LogP contribution in [0.25, 0.3) is 0 Å². The molecule has 1 saturated heterocycles. The van der Waals surface area contributed by atoms with Crippen LogP contribution in [-0.2, 0) is 19.1 Å². The molecule has 1 atom stereocenters. The fraction of sp³-hybridized carbons (Fsp3) is 0.857. The summed E-state index contributed by atoms with van der Waals surface area (Å²) in [5.74, 6) is -1.42. The van der Waals surface area contributed by atoms with Crippen LogP contribution in [0.2, 0.25) is 25.2 Å². The molecule has 4 nitrogen and oxygen atoms in total. The normalized spacial score (nSPS) is 22.1. The molecule has 0 aromatic heterocycles. The number of hydrogen-bond donors (Lipinski definition) is 0. The zero-order chi connectivity index (χ0) is 14.5. The van der Waals surface area contributed by atoms with Crippen LogP contribution in [0.15, 0.2) is 0 Å². The third-order valence-corrected chi connectivity index (χ3v) is 7.13. The Labute approximate surface area is 116 Å². The Morgan fingerprint density at radius 2 is 1.68 bits per heavy atom. The number of carbonyl (C=O) groups is 2. The van der Waals surface area contributed by atoms with Gasteiger partial charge in [0.1, 0.15) is 0 Å². The van der Waals surface area contributed by atoms with E-state index in [0.717, 1.165) is 18.9 Å². The maximum Gasteiger partial charge on any atom is 0.320 e. The smallest absolute Gasteiger partial charge is 0.320 e. The van der Waals surface area contributed by atoms with E-state index in [-0.39, 0.29) is 5.92 Å². The van der Waals surface area contributed by atoms with Crippen molar-refractivity contribution in [2.24, 2.45) is 11.8 Å². The molecule has 5 heteroatoms. The summed E-state index contributed by atoms with van der Waals surface area (Å²) in [6.45, 7) is 8.79. The average Bonchev–Trinajstić information content (AvgIpc) is 2.28. The van der Waals surface area contributed by atoms with E-state index in [2.05, 4.69) is 13.1 Å². The van der Waals surface area contributed by atoms with Crippen molar-refractivity contribution in [3.8, 4) is 0 Å². The molecule has 0 spiro atoms. The summed E-state index contributed by atoms with van der Waals surface area (Å²) in [5, 5.41) is 0. The average molecular weight is 286 g/mol. The van der Waals surface area contributed by atoms with Gasteiger partial charge in [0.2, 0.25) is 0 Å². The number of hydrogen-bond acceptors (Lipinski definition) is 4. The molecule has 1 rings (SSSR count). The Morgan fingerprint density at radius 3 is 2.11 bits per heavy atom. The Morgan fingerprint density at radius 1 is 1.16 bits per heavy atom. The minimum Gasteiger partial charge on any atom is -0.465 e. The molecule has 0 aromatic carbocycles. The van der Waals surface area contributed by atoms with Crippen LogP contribution in [0.1, 0.15) is 26.7 Å². The molecule has 1 aliphatic heterocycles. The Bertz CT molecular complexity index is 309. The van der Waals surface area contributed by atoms with Crippen molar-refractivity contribution in [3.05, 3.63) is 0 Å². The second-order valence-electron chi connectivity index (χ2n) is 6.00. The fourth-order valence-electron chi connectivity index (χ4n) is 2.99. The van der Waals surface area contributed by atoms with Crippen LogP contribution in [-0.4, -0.2) is 33.2 Å². The van der Waals surface area contributed by atoms with Crippen LogP contribution in [0.3, 0.4) is 0 Å². The summed E-state index contributed by atoms with van der Waals surface area (Å²) < 4.78 is 10.1. The molecule has 0 radical (unpaired) electrons. The van der Waals surface area contributed by atoms with Crippen LogP contribution in [0.5, 0.6) is 0 Å². The van der Waals surface area contributed by atoms with Crippen LogP contribution < -0.4 is 0 Å². The quantitative estimate of drug-likeness (QED) is 0.443. The van der Waals surface area contributed by atoms with Crippen LogP contribution in [0, 0.1) is 11.8 Å². The molecule has 0 saturated carbocycles. The first-order valence-electron chi connectivity index (χ1n) is 7.24. The van der Waals surface area contributed by atoms with E-state index in [0.29, 0.717) is 13.2 Å². The molecular formula is C14H26O4Si. The third kappa shape index (κ3) is 4.64. The van der Waals surface area contributed by atoms with Crippen molar-refractivity contribution in [1.29, 1.82) is 0 Å². The lowest BCUT2D eigenvalue weighted by atomic mass is 9.89. The van der Waals surface area contributed by atoms with E-state index in [1.54, 1.807) is 13.8 Å². The number of rotatable bonds is 5. The summed E-state index contributed by atoms with van der Waals surface area (Å²) in [6.07, 6.45) is 2.04. The highest BCUT2D eigenvalue weighted by Crippen LogP contribution is 2.37. The van der Waals surface area contributed by atoms with Gasteiger partial charge < -0.3 is 9.47 Å². The Hall–Kier alpha value is -0.843. The van der Waals surface area contributed by atoms with E-state index in [9.17, 15) is 9.59 Å². The van der Waals surface area contributed by atoms with Crippen molar-refractivity contribution >= 4 is 20.0 Å². The number of ether oxygens (including phenoxy) is 2. The molecule has 110 valence electrons. The molecule has 1 unspecified atom stereocenters. The lowest BCUT2D eigenvalue weighted by Gasteiger charge is -2.36. The maximum atomic E-state index is 12.1. The summed E-state index contributed by atoms with van der Waals surface area (Å²) in [4.78, 5) is 24.1. The van der Waals surface area contributed by atoms with E-state index in [1.807, 2.05) is 0 Å². The highest BCUT2D eigenvalue weighted by molar-refractivity contribution is 6.77. The van der Waals surface area contributed by atoms with Crippen LogP contribution in [0.4, 0.5) is 0 Å². The minimum atomic E-state index is -1.27. The van der Waals surface area contributed by atoms with E-state index < -0.39 is 25.9 Å². The van der Waals surface area contributed by atoms with Gasteiger partial charge in [-0.05, 0) is 26.2 Å². The van der Waals surface area contributed by atoms with Crippen molar-refractivity contribution < 1.29 is 19.1 Å². The summed E-state index contributed by atoms with van der Waals surface area (Å²) >= 11 is 0. The fourth-order valence-corrected chi connectivity index (χ4v) is 6.21. The van der Waals surface area contributed by atoms with Gasteiger partial charge in [-0.25, -0.2) is 0 Å². The van der Waals surface area contributed by atoms with Gasteiger partial charge in [-0.2, -0.15) is 0 Å². The first-order chi connectivity index (χ1) is 8.91. The SMILES string of the molecule is CCOC(=O)C(C(=O)OCC)C1CCC[Si](C)(C)C1. The second-order valence-corrected chi connectivity index (χ2v) is 11.2. The molecule has 19 heavy (non-hydrogen) atoms. The first kappa shape index (κ1) is 16.2. The van der Waals surface area contributed by atoms with E-state index >= 15 is 0 Å². The molecule has 1 aliphatic rings. The molecule has 0 aliphatic carbocycles. The van der Waals surface area contributed by atoms with Crippen molar-refractivity contribution in [2.75, 3.05) is 13.2 Å². The predicted molar refractivity (Wildman–Crippen MR) is 76.6 cm³/mol. The molecule has 0 N–H and O–H groups in total. The first-order valence-corrected chi connectivity index (χ1v) is 10.7. The zero-order valence-electron chi connectivity index (χ0n) is 12.5. The van der Waals surface area contributed by atoms with E-state index in [4.69, 9.17) is 9.47 Å². The Kier molecular flexibility index (Phi) is 6.04. The van der Waals surface area contributed by atoms with Crippen molar-refractivity contribution in [1.82, 2.24) is 0 Å². The highest BCUT2D eigenvalue weighted by Gasteiger charge is 2.42. The second kappa shape index (κ2) is 7.08. The third-order valence-electron chi connectivity index (χ3n) is 3.80. The van der Waals surface area contributed by atoms with E-state index in [1.165, 1.54) is 6.04 Å². The maximum absolute atomic E-state index is 12.1. The van der Waals surface area contributed by atoms with Gasteiger partial charge in [0, 0.05) is 8.07 Å². The summed E-state index contributed by atoms with van der Waals surface area (Å²) in [5.41, 5.74) is 0. The van der Waals surface area contributed by atoms with Gasteiger partial charge in [-0.15, -0.1) is 0 Å². The Balaban J connectivity index is 2.83. The van der Waals surface area contributed by atoms with Gasteiger partial charge in [0.05, 0.1) is 13.2 Å². The van der Waals surface area contributed by atoms with Gasteiger partial charge in [-0.1, -0.05) is 31.6 Å². The monoisotopic (exact) mass is 286 g/mol. The molecule has 0 amide bonds. The van der Waals surface area contributed by atoms with Gasteiger partial charge in [0.25, 0.3) is 0 Å². The molecule has 0 aromatic rings. The summed E-state index contributed by atoms with van der Waals surface area (Å²) in [7, 11) is -1.27.